The maximum Gasteiger partial charge on any atom is 0.254 e. The summed E-state index contributed by atoms with van der Waals surface area (Å²) in [6.07, 6.45) is 3.33. The zero-order valence-electron chi connectivity index (χ0n) is 13.5. The molecule has 1 N–H and O–H groups in total. The molecule has 1 fully saturated rings. The van der Waals surface area contributed by atoms with E-state index in [1.54, 1.807) is 24.5 Å². The van der Waals surface area contributed by atoms with Crippen LogP contribution in [0.1, 0.15) is 15.9 Å². The number of pyridine rings is 1. The molecule has 0 saturated carbocycles. The van der Waals surface area contributed by atoms with Crippen LogP contribution in [0, 0.1) is 11.3 Å². The molecule has 4 rings (SSSR count). The van der Waals surface area contributed by atoms with Crippen molar-refractivity contribution in [2.75, 3.05) is 31.1 Å². The topological polar surface area (TPSA) is 88.9 Å². The molecular formula is C18H16N6O. The third-order valence-corrected chi connectivity index (χ3v) is 4.48. The average Bonchev–Trinajstić information content (AvgIpc) is 3.16. The number of anilines is 1. The number of benzene rings is 1. The van der Waals surface area contributed by atoms with Gasteiger partial charge in [-0.25, -0.2) is 4.98 Å². The summed E-state index contributed by atoms with van der Waals surface area (Å²) in [4.78, 5) is 21.1. The molecule has 25 heavy (non-hydrogen) atoms. The van der Waals surface area contributed by atoms with E-state index in [2.05, 4.69) is 26.2 Å². The third kappa shape index (κ3) is 2.78. The molecule has 0 bridgehead atoms. The number of hydrogen-bond acceptors (Lipinski definition) is 5. The Labute approximate surface area is 144 Å². The van der Waals surface area contributed by atoms with Crippen LogP contribution in [-0.4, -0.2) is 52.2 Å². The molecule has 2 aromatic heterocycles. The SMILES string of the molecule is N#Cc1ccnc(N2CCN(C(=O)c3cccc4[nH]ncc34)CC2)c1. The quantitative estimate of drug-likeness (QED) is 0.773. The number of hydrogen-bond donors (Lipinski definition) is 1. The number of rotatable bonds is 2. The van der Waals surface area contributed by atoms with Gasteiger partial charge < -0.3 is 9.80 Å². The lowest BCUT2D eigenvalue weighted by molar-refractivity contribution is 0.0748. The number of carbonyl (C=O) groups is 1. The Bertz CT molecular complexity index is 965. The molecule has 0 atom stereocenters. The van der Waals surface area contributed by atoms with E-state index in [1.807, 2.05) is 23.1 Å². The van der Waals surface area contributed by atoms with Crippen molar-refractivity contribution in [3.05, 3.63) is 53.9 Å². The van der Waals surface area contributed by atoms with Gasteiger partial charge in [0.15, 0.2) is 0 Å². The van der Waals surface area contributed by atoms with Crippen molar-refractivity contribution < 1.29 is 4.79 Å². The van der Waals surface area contributed by atoms with Gasteiger partial charge in [-0.15, -0.1) is 0 Å². The fraction of sp³-hybridized carbons (Fsp3) is 0.222. The number of fused-ring (bicyclic) bond motifs is 1. The molecule has 0 spiro atoms. The van der Waals surface area contributed by atoms with Crippen molar-refractivity contribution in [3.63, 3.8) is 0 Å². The third-order valence-electron chi connectivity index (χ3n) is 4.48. The number of amides is 1. The highest BCUT2D eigenvalue weighted by Gasteiger charge is 2.24. The lowest BCUT2D eigenvalue weighted by Crippen LogP contribution is -2.49. The fourth-order valence-electron chi connectivity index (χ4n) is 3.12. The molecule has 1 amide bonds. The van der Waals surface area contributed by atoms with E-state index >= 15 is 0 Å². The predicted octanol–water partition coefficient (Wildman–Crippen LogP) is 1.79. The van der Waals surface area contributed by atoms with Crippen LogP contribution in [0.25, 0.3) is 10.9 Å². The van der Waals surface area contributed by atoms with E-state index in [4.69, 9.17) is 5.26 Å². The summed E-state index contributed by atoms with van der Waals surface area (Å²) in [6.45, 7) is 2.61. The normalized spacial score (nSPS) is 14.5. The van der Waals surface area contributed by atoms with Gasteiger partial charge in [-0.3, -0.25) is 9.89 Å². The molecule has 1 aliphatic rings. The van der Waals surface area contributed by atoms with E-state index in [0.717, 1.165) is 16.7 Å². The Morgan fingerprint density at radius 1 is 1.20 bits per heavy atom. The molecule has 3 aromatic rings. The maximum atomic E-state index is 12.9. The number of carbonyl (C=O) groups excluding carboxylic acids is 1. The zero-order chi connectivity index (χ0) is 17.2. The second kappa shape index (κ2) is 6.24. The molecule has 3 heterocycles. The summed E-state index contributed by atoms with van der Waals surface area (Å²) in [7, 11) is 0. The Morgan fingerprint density at radius 3 is 2.84 bits per heavy atom. The van der Waals surface area contributed by atoms with Crippen molar-refractivity contribution >= 4 is 22.6 Å². The molecule has 1 aromatic carbocycles. The number of piperazine rings is 1. The summed E-state index contributed by atoms with van der Waals surface area (Å²) in [5.41, 5.74) is 2.13. The van der Waals surface area contributed by atoms with Crippen LogP contribution < -0.4 is 4.90 Å². The largest absolute Gasteiger partial charge is 0.353 e. The van der Waals surface area contributed by atoms with Crippen LogP contribution in [0.3, 0.4) is 0 Å². The summed E-state index contributed by atoms with van der Waals surface area (Å²) in [6, 6.07) is 11.2. The van der Waals surface area contributed by atoms with Gasteiger partial charge in [-0.1, -0.05) is 6.07 Å². The summed E-state index contributed by atoms with van der Waals surface area (Å²) in [5, 5.41) is 16.8. The molecule has 7 heteroatoms. The lowest BCUT2D eigenvalue weighted by Gasteiger charge is -2.35. The monoisotopic (exact) mass is 332 g/mol. The molecule has 7 nitrogen and oxygen atoms in total. The second-order valence-corrected chi connectivity index (χ2v) is 5.93. The van der Waals surface area contributed by atoms with Gasteiger partial charge in [-0.05, 0) is 24.3 Å². The van der Waals surface area contributed by atoms with Gasteiger partial charge >= 0.3 is 0 Å². The average molecular weight is 332 g/mol. The van der Waals surface area contributed by atoms with Crippen LogP contribution in [-0.2, 0) is 0 Å². The molecule has 1 aliphatic heterocycles. The van der Waals surface area contributed by atoms with Crippen molar-refractivity contribution in [3.8, 4) is 6.07 Å². The number of nitriles is 1. The predicted molar refractivity (Wildman–Crippen MR) is 93.2 cm³/mol. The minimum absolute atomic E-state index is 0.0189. The molecule has 0 unspecified atom stereocenters. The highest BCUT2D eigenvalue weighted by Crippen LogP contribution is 2.20. The second-order valence-electron chi connectivity index (χ2n) is 5.93. The molecule has 0 aliphatic carbocycles. The van der Waals surface area contributed by atoms with E-state index in [-0.39, 0.29) is 5.91 Å². The van der Waals surface area contributed by atoms with Crippen molar-refractivity contribution in [1.82, 2.24) is 20.1 Å². The fourth-order valence-corrected chi connectivity index (χ4v) is 3.12. The summed E-state index contributed by atoms with van der Waals surface area (Å²) < 4.78 is 0. The van der Waals surface area contributed by atoms with Crippen molar-refractivity contribution in [2.45, 2.75) is 0 Å². The number of nitrogens with zero attached hydrogens (tertiary/aromatic N) is 5. The Kier molecular flexibility index (Phi) is 3.78. The summed E-state index contributed by atoms with van der Waals surface area (Å²) in [5.74, 6) is 0.800. The highest BCUT2D eigenvalue weighted by atomic mass is 16.2. The number of aromatic amines is 1. The minimum Gasteiger partial charge on any atom is -0.353 e. The Balaban J connectivity index is 1.49. The standard InChI is InChI=1S/C18H16N6O/c19-11-13-4-5-20-17(10-13)23-6-8-24(9-7-23)18(25)14-2-1-3-16-15(14)12-21-22-16/h1-5,10,12H,6-9H2,(H,21,22). The molecule has 1 saturated heterocycles. The maximum absolute atomic E-state index is 12.9. The van der Waals surface area contributed by atoms with Crippen LogP contribution in [0.15, 0.2) is 42.7 Å². The zero-order valence-corrected chi connectivity index (χ0v) is 13.5. The van der Waals surface area contributed by atoms with Crippen LogP contribution >= 0.6 is 0 Å². The van der Waals surface area contributed by atoms with Gasteiger partial charge in [-0.2, -0.15) is 10.4 Å². The van der Waals surface area contributed by atoms with Gasteiger partial charge in [0.05, 0.1) is 28.9 Å². The van der Waals surface area contributed by atoms with Gasteiger partial charge in [0.25, 0.3) is 5.91 Å². The van der Waals surface area contributed by atoms with E-state index < -0.39 is 0 Å². The first-order chi connectivity index (χ1) is 12.3. The van der Waals surface area contributed by atoms with Crippen molar-refractivity contribution in [2.24, 2.45) is 0 Å². The summed E-state index contributed by atoms with van der Waals surface area (Å²) >= 11 is 0. The van der Waals surface area contributed by atoms with Crippen LogP contribution in [0.5, 0.6) is 0 Å². The van der Waals surface area contributed by atoms with Gasteiger partial charge in [0, 0.05) is 37.8 Å². The Morgan fingerprint density at radius 2 is 2.04 bits per heavy atom. The minimum atomic E-state index is 0.0189. The highest BCUT2D eigenvalue weighted by molar-refractivity contribution is 6.06. The van der Waals surface area contributed by atoms with Crippen LogP contribution in [0.4, 0.5) is 5.82 Å². The van der Waals surface area contributed by atoms with E-state index in [0.29, 0.717) is 37.3 Å². The van der Waals surface area contributed by atoms with E-state index in [1.165, 1.54) is 0 Å². The number of nitrogens with one attached hydrogen (secondary N) is 1. The smallest absolute Gasteiger partial charge is 0.254 e. The molecule has 124 valence electrons. The Hall–Kier alpha value is -3.40. The first kappa shape index (κ1) is 15.1. The van der Waals surface area contributed by atoms with E-state index in [9.17, 15) is 4.79 Å². The number of aromatic nitrogens is 3. The van der Waals surface area contributed by atoms with Crippen LogP contribution in [0.2, 0.25) is 0 Å². The van der Waals surface area contributed by atoms with Gasteiger partial charge in [0.2, 0.25) is 0 Å². The number of H-pyrrole nitrogens is 1. The van der Waals surface area contributed by atoms with Crippen molar-refractivity contribution in [1.29, 1.82) is 5.26 Å². The molecule has 0 radical (unpaired) electrons. The first-order valence-corrected chi connectivity index (χ1v) is 8.09. The first-order valence-electron chi connectivity index (χ1n) is 8.09. The van der Waals surface area contributed by atoms with Gasteiger partial charge in [0.1, 0.15) is 5.82 Å². The lowest BCUT2D eigenvalue weighted by atomic mass is 10.1. The molecular weight excluding hydrogens is 316 g/mol.